The Hall–Kier alpha value is -0.400. The predicted molar refractivity (Wildman–Crippen MR) is 62.1 cm³/mol. The lowest BCUT2D eigenvalue weighted by atomic mass is 10.3. The van der Waals surface area contributed by atoms with Crippen molar-refractivity contribution in [1.82, 2.24) is 9.88 Å². The van der Waals surface area contributed by atoms with Crippen LogP contribution in [0.25, 0.3) is 0 Å². The van der Waals surface area contributed by atoms with Crippen LogP contribution in [0.1, 0.15) is 25.5 Å². The zero-order valence-electron chi connectivity index (χ0n) is 8.81. The minimum atomic E-state index is -3.31. The molecule has 1 heterocycles. The van der Waals surface area contributed by atoms with Crippen LogP contribution in [0.2, 0.25) is 0 Å². The lowest BCUT2D eigenvalue weighted by Gasteiger charge is -2.03. The van der Waals surface area contributed by atoms with Crippen LogP contribution < -0.4 is 4.72 Å². The molecular weight excluding hydrogens is 296 g/mol. The van der Waals surface area contributed by atoms with Gasteiger partial charge in [0.05, 0.1) is 0 Å². The van der Waals surface area contributed by atoms with Crippen molar-refractivity contribution < 1.29 is 12.9 Å². The molecule has 1 aliphatic rings. The third-order valence-electron chi connectivity index (χ3n) is 2.64. The summed E-state index contributed by atoms with van der Waals surface area (Å²) in [4.78, 5) is 0. The number of nitrogens with one attached hydrogen (secondary N) is 1. The smallest absolute Gasteiger partial charge is 0.219 e. The monoisotopic (exact) mass is 308 g/mol. The van der Waals surface area contributed by atoms with Gasteiger partial charge in [-0.05, 0) is 28.3 Å². The van der Waals surface area contributed by atoms with Crippen molar-refractivity contribution in [2.24, 2.45) is 5.92 Å². The maximum atomic E-state index is 11.7. The highest BCUT2D eigenvalue weighted by Crippen LogP contribution is 2.33. The molecule has 0 amide bonds. The molecule has 0 unspecified atom stereocenters. The van der Waals surface area contributed by atoms with Crippen molar-refractivity contribution in [2.45, 2.75) is 31.6 Å². The average Bonchev–Trinajstić information content (AvgIpc) is 2.79. The van der Waals surface area contributed by atoms with Gasteiger partial charge >= 0.3 is 0 Å². The second-order valence-electron chi connectivity index (χ2n) is 4.00. The summed E-state index contributed by atoms with van der Waals surface area (Å²) in [5, 5.41) is 3.58. The summed E-state index contributed by atoms with van der Waals surface area (Å²) in [6, 6.07) is 1.67. The van der Waals surface area contributed by atoms with Crippen molar-refractivity contribution in [3.05, 3.63) is 16.4 Å². The van der Waals surface area contributed by atoms with E-state index in [0.29, 0.717) is 16.3 Å². The van der Waals surface area contributed by atoms with E-state index < -0.39 is 10.0 Å². The maximum absolute atomic E-state index is 11.7. The second kappa shape index (κ2) is 4.46. The summed E-state index contributed by atoms with van der Waals surface area (Å²) in [5.74, 6) is 0.683. The quantitative estimate of drug-likeness (QED) is 0.898. The van der Waals surface area contributed by atoms with Gasteiger partial charge in [0.1, 0.15) is 10.4 Å². The summed E-state index contributed by atoms with van der Waals surface area (Å²) >= 11 is 3.10. The van der Waals surface area contributed by atoms with Crippen LogP contribution >= 0.6 is 15.9 Å². The molecule has 1 aromatic rings. The Morgan fingerprint density at radius 3 is 2.94 bits per heavy atom. The van der Waals surface area contributed by atoms with Gasteiger partial charge in [0.25, 0.3) is 0 Å². The molecule has 7 heteroatoms. The number of nitrogens with zero attached hydrogens (tertiary/aromatic N) is 1. The van der Waals surface area contributed by atoms with Gasteiger partial charge in [0.15, 0.2) is 5.76 Å². The molecule has 90 valence electrons. The molecule has 1 N–H and O–H groups in total. The Balaban J connectivity index is 1.93. The van der Waals surface area contributed by atoms with Crippen molar-refractivity contribution in [3.63, 3.8) is 0 Å². The molecule has 2 rings (SSSR count). The SMILES string of the molecule is CC[C@@H]1C[C@H]1NS(=O)(=O)Cc1cc(Br)no1. The first-order valence-corrected chi connectivity index (χ1v) is 7.56. The largest absolute Gasteiger partial charge is 0.359 e. The molecule has 0 bridgehead atoms. The molecule has 5 nitrogen and oxygen atoms in total. The third kappa shape index (κ3) is 3.05. The van der Waals surface area contributed by atoms with E-state index in [4.69, 9.17) is 4.52 Å². The molecule has 0 aromatic carbocycles. The Bertz CT molecular complexity index is 471. The fraction of sp³-hybridized carbons (Fsp3) is 0.667. The molecule has 0 radical (unpaired) electrons. The van der Waals surface area contributed by atoms with Crippen molar-refractivity contribution in [3.8, 4) is 0 Å². The zero-order valence-corrected chi connectivity index (χ0v) is 11.2. The van der Waals surface area contributed by atoms with Crippen LogP contribution in [0.15, 0.2) is 15.2 Å². The molecule has 1 aromatic heterocycles. The normalized spacial score (nSPS) is 24.6. The molecule has 1 saturated carbocycles. The molecule has 2 atom stereocenters. The molecule has 0 spiro atoms. The van der Waals surface area contributed by atoms with Gasteiger partial charge in [-0.15, -0.1) is 0 Å². The first kappa shape index (κ1) is 12.1. The van der Waals surface area contributed by atoms with Crippen LogP contribution in [-0.4, -0.2) is 19.6 Å². The summed E-state index contributed by atoms with van der Waals surface area (Å²) in [7, 11) is -3.31. The highest BCUT2D eigenvalue weighted by molar-refractivity contribution is 9.10. The lowest BCUT2D eigenvalue weighted by molar-refractivity contribution is 0.389. The van der Waals surface area contributed by atoms with Crippen molar-refractivity contribution in [2.75, 3.05) is 0 Å². The fourth-order valence-electron chi connectivity index (χ4n) is 1.66. The zero-order chi connectivity index (χ0) is 11.8. The van der Waals surface area contributed by atoms with Gasteiger partial charge in [-0.3, -0.25) is 0 Å². The minimum absolute atomic E-state index is 0.112. The standard InChI is InChI=1S/C9H13BrN2O3S/c1-2-6-3-8(6)12-16(13,14)5-7-4-9(10)11-15-7/h4,6,8,12H,2-3,5H2,1H3/t6-,8-/m1/s1. The van der Waals surface area contributed by atoms with Crippen LogP contribution in [0, 0.1) is 5.92 Å². The first-order chi connectivity index (χ1) is 7.50. The highest BCUT2D eigenvalue weighted by atomic mass is 79.9. The molecular formula is C9H13BrN2O3S. The van der Waals surface area contributed by atoms with E-state index in [9.17, 15) is 8.42 Å². The van der Waals surface area contributed by atoms with E-state index in [2.05, 4.69) is 32.7 Å². The highest BCUT2D eigenvalue weighted by Gasteiger charge is 2.38. The van der Waals surface area contributed by atoms with Crippen LogP contribution in [0.3, 0.4) is 0 Å². The molecule has 1 aliphatic carbocycles. The summed E-state index contributed by atoms with van der Waals surface area (Å²) in [6.07, 6.45) is 1.96. The van der Waals surface area contributed by atoms with Crippen molar-refractivity contribution in [1.29, 1.82) is 0 Å². The number of hydrogen-bond acceptors (Lipinski definition) is 4. The number of sulfonamides is 1. The van der Waals surface area contributed by atoms with Gasteiger partial charge in [0, 0.05) is 12.1 Å². The van der Waals surface area contributed by atoms with Crippen LogP contribution in [-0.2, 0) is 15.8 Å². The fourth-order valence-corrected chi connectivity index (χ4v) is 3.33. The number of rotatable bonds is 5. The van der Waals surface area contributed by atoms with Crippen molar-refractivity contribution >= 4 is 26.0 Å². The van der Waals surface area contributed by atoms with E-state index in [1.807, 2.05) is 0 Å². The third-order valence-corrected chi connectivity index (χ3v) is 4.34. The Morgan fingerprint density at radius 1 is 1.69 bits per heavy atom. The van der Waals surface area contributed by atoms with E-state index in [-0.39, 0.29) is 11.8 Å². The van der Waals surface area contributed by atoms with Gasteiger partial charge in [-0.25, -0.2) is 13.1 Å². The van der Waals surface area contributed by atoms with Gasteiger partial charge < -0.3 is 4.52 Å². The molecule has 16 heavy (non-hydrogen) atoms. The number of hydrogen-bond donors (Lipinski definition) is 1. The van der Waals surface area contributed by atoms with Gasteiger partial charge in [0.2, 0.25) is 10.0 Å². The van der Waals surface area contributed by atoms with E-state index in [0.717, 1.165) is 12.8 Å². The summed E-state index contributed by atoms with van der Waals surface area (Å²) < 4.78 is 31.4. The number of aromatic nitrogens is 1. The van der Waals surface area contributed by atoms with E-state index in [1.165, 1.54) is 0 Å². The topological polar surface area (TPSA) is 72.2 Å². The predicted octanol–water partition coefficient (Wildman–Crippen LogP) is 1.66. The second-order valence-corrected chi connectivity index (χ2v) is 6.57. The van der Waals surface area contributed by atoms with Gasteiger partial charge in [-0.2, -0.15) is 0 Å². The summed E-state index contributed by atoms with van der Waals surface area (Å²) in [6.45, 7) is 2.06. The summed E-state index contributed by atoms with van der Waals surface area (Å²) in [5.41, 5.74) is 0. The van der Waals surface area contributed by atoms with Crippen LogP contribution in [0.5, 0.6) is 0 Å². The Labute approximate surface area is 103 Å². The van der Waals surface area contributed by atoms with Crippen LogP contribution in [0.4, 0.5) is 0 Å². The van der Waals surface area contributed by atoms with Gasteiger partial charge in [-0.1, -0.05) is 18.5 Å². The van der Waals surface area contributed by atoms with E-state index in [1.54, 1.807) is 6.07 Å². The average molecular weight is 309 g/mol. The first-order valence-electron chi connectivity index (χ1n) is 5.11. The molecule has 0 saturated heterocycles. The molecule has 1 fully saturated rings. The maximum Gasteiger partial charge on any atom is 0.219 e. The number of halogens is 1. The van der Waals surface area contributed by atoms with E-state index >= 15 is 0 Å². The lowest BCUT2D eigenvalue weighted by Crippen LogP contribution is -2.28. The Morgan fingerprint density at radius 2 is 2.44 bits per heavy atom. The Kier molecular flexibility index (Phi) is 3.37. The minimum Gasteiger partial charge on any atom is -0.359 e. The molecule has 0 aliphatic heterocycles.